The van der Waals surface area contributed by atoms with Crippen molar-refractivity contribution in [1.82, 2.24) is 9.97 Å². The molecule has 1 N–H and O–H groups in total. The minimum Gasteiger partial charge on any atom is -0.369 e. The second kappa shape index (κ2) is 6.20. The predicted octanol–water partition coefficient (Wildman–Crippen LogP) is 3.68. The molecule has 1 heterocycles. The molecule has 0 bridgehead atoms. The summed E-state index contributed by atoms with van der Waals surface area (Å²) in [5.74, 6) is 1.73. The molecule has 1 aliphatic carbocycles. The van der Waals surface area contributed by atoms with Gasteiger partial charge >= 0.3 is 0 Å². The Morgan fingerprint density at radius 1 is 1.35 bits per heavy atom. The Bertz CT molecular complexity index is 362. The molecule has 0 spiro atoms. The first-order valence-corrected chi connectivity index (χ1v) is 6.92. The van der Waals surface area contributed by atoms with E-state index in [1.807, 2.05) is 0 Å². The highest BCUT2D eigenvalue weighted by atomic mass is 35.5. The first-order valence-electron chi connectivity index (χ1n) is 6.54. The molecule has 1 saturated carbocycles. The zero-order valence-electron chi connectivity index (χ0n) is 10.4. The highest BCUT2D eigenvalue weighted by Crippen LogP contribution is 2.26. The molecular weight excluding hydrogens is 234 g/mol. The quantitative estimate of drug-likeness (QED) is 0.814. The zero-order chi connectivity index (χ0) is 12.1. The van der Waals surface area contributed by atoms with Crippen LogP contribution in [0.15, 0.2) is 6.33 Å². The number of nitrogens with zero attached hydrogens (tertiary/aromatic N) is 2. The average molecular weight is 254 g/mol. The fraction of sp³-hybridized carbons (Fsp3) is 0.692. The third kappa shape index (κ3) is 3.32. The molecule has 1 fully saturated rings. The lowest BCUT2D eigenvalue weighted by Gasteiger charge is -2.14. The van der Waals surface area contributed by atoms with Crippen molar-refractivity contribution in [2.24, 2.45) is 5.92 Å². The summed E-state index contributed by atoms with van der Waals surface area (Å²) in [5.41, 5.74) is 1.06. The van der Waals surface area contributed by atoms with E-state index in [1.54, 1.807) is 6.33 Å². The van der Waals surface area contributed by atoms with E-state index in [1.165, 1.54) is 25.7 Å². The summed E-state index contributed by atoms with van der Waals surface area (Å²) in [5, 5.41) is 4.04. The van der Waals surface area contributed by atoms with Crippen LogP contribution in [-0.4, -0.2) is 16.5 Å². The number of hydrogen-bond acceptors (Lipinski definition) is 3. The highest BCUT2D eigenvalue weighted by Gasteiger charge is 2.16. The summed E-state index contributed by atoms with van der Waals surface area (Å²) in [6.07, 6.45) is 8.97. The Labute approximate surface area is 108 Å². The van der Waals surface area contributed by atoms with E-state index in [0.717, 1.165) is 36.7 Å². The number of halogens is 1. The van der Waals surface area contributed by atoms with Crippen molar-refractivity contribution in [2.45, 2.75) is 45.4 Å². The lowest BCUT2D eigenvalue weighted by atomic mass is 10.1. The molecule has 2 rings (SSSR count). The van der Waals surface area contributed by atoms with Gasteiger partial charge in [0.25, 0.3) is 0 Å². The van der Waals surface area contributed by atoms with Gasteiger partial charge in [0.2, 0.25) is 0 Å². The van der Waals surface area contributed by atoms with E-state index in [0.29, 0.717) is 5.15 Å². The molecule has 0 saturated heterocycles. The highest BCUT2D eigenvalue weighted by molar-refractivity contribution is 6.30. The fourth-order valence-electron chi connectivity index (χ4n) is 2.47. The van der Waals surface area contributed by atoms with Crippen molar-refractivity contribution in [3.8, 4) is 0 Å². The molecule has 0 amide bonds. The second-order valence-corrected chi connectivity index (χ2v) is 5.13. The van der Waals surface area contributed by atoms with Crippen LogP contribution >= 0.6 is 11.6 Å². The number of nitrogens with one attached hydrogen (secondary N) is 1. The van der Waals surface area contributed by atoms with Gasteiger partial charge in [-0.25, -0.2) is 9.97 Å². The maximum absolute atomic E-state index is 6.11. The largest absolute Gasteiger partial charge is 0.369 e. The number of aromatic nitrogens is 2. The van der Waals surface area contributed by atoms with Crippen molar-refractivity contribution in [2.75, 3.05) is 11.9 Å². The van der Waals surface area contributed by atoms with Gasteiger partial charge in [-0.2, -0.15) is 0 Å². The van der Waals surface area contributed by atoms with Gasteiger partial charge in [0.1, 0.15) is 17.3 Å². The van der Waals surface area contributed by atoms with Crippen LogP contribution in [-0.2, 0) is 6.42 Å². The first kappa shape index (κ1) is 12.6. The van der Waals surface area contributed by atoms with Gasteiger partial charge in [0, 0.05) is 12.1 Å². The lowest BCUT2D eigenvalue weighted by molar-refractivity contribution is 0.578. The Morgan fingerprint density at radius 3 is 2.82 bits per heavy atom. The van der Waals surface area contributed by atoms with Crippen LogP contribution < -0.4 is 5.32 Å². The summed E-state index contributed by atoms with van der Waals surface area (Å²) in [6, 6.07) is 0. The molecule has 4 heteroatoms. The third-order valence-electron chi connectivity index (χ3n) is 3.43. The van der Waals surface area contributed by atoms with Gasteiger partial charge in [-0.05, 0) is 25.2 Å². The van der Waals surface area contributed by atoms with E-state index >= 15 is 0 Å². The Hall–Kier alpha value is -0.830. The maximum Gasteiger partial charge on any atom is 0.137 e. The molecule has 17 heavy (non-hydrogen) atoms. The third-order valence-corrected chi connectivity index (χ3v) is 3.75. The summed E-state index contributed by atoms with van der Waals surface area (Å²) in [4.78, 5) is 8.36. The number of hydrogen-bond donors (Lipinski definition) is 1. The molecule has 3 nitrogen and oxygen atoms in total. The summed E-state index contributed by atoms with van der Waals surface area (Å²) < 4.78 is 0. The standard InChI is InChI=1S/C13H20ClN3/c1-2-5-11-12(14)16-9-17-13(11)15-8-10-6-3-4-7-10/h9-10H,2-8H2,1H3,(H,15,16,17). The van der Waals surface area contributed by atoms with Crippen LogP contribution in [0.5, 0.6) is 0 Å². The summed E-state index contributed by atoms with van der Waals surface area (Å²) >= 11 is 6.11. The smallest absolute Gasteiger partial charge is 0.137 e. The van der Waals surface area contributed by atoms with Crippen molar-refractivity contribution in [1.29, 1.82) is 0 Å². The molecule has 0 aromatic carbocycles. The monoisotopic (exact) mass is 253 g/mol. The fourth-order valence-corrected chi connectivity index (χ4v) is 2.70. The van der Waals surface area contributed by atoms with Gasteiger partial charge in [-0.15, -0.1) is 0 Å². The molecular formula is C13H20ClN3. The van der Waals surface area contributed by atoms with Crippen LogP contribution in [0.1, 0.15) is 44.6 Å². The first-order chi connectivity index (χ1) is 8.31. The number of anilines is 1. The molecule has 0 aliphatic heterocycles. The van der Waals surface area contributed by atoms with Crippen LogP contribution in [0, 0.1) is 5.92 Å². The predicted molar refractivity (Wildman–Crippen MR) is 71.5 cm³/mol. The van der Waals surface area contributed by atoms with E-state index in [9.17, 15) is 0 Å². The van der Waals surface area contributed by atoms with Crippen LogP contribution in [0.4, 0.5) is 5.82 Å². The Balaban J connectivity index is 2.00. The maximum atomic E-state index is 6.11. The number of rotatable bonds is 5. The molecule has 0 radical (unpaired) electrons. The molecule has 0 atom stereocenters. The minimum atomic E-state index is 0.593. The van der Waals surface area contributed by atoms with Crippen molar-refractivity contribution < 1.29 is 0 Å². The Kier molecular flexibility index (Phi) is 4.60. The zero-order valence-corrected chi connectivity index (χ0v) is 11.1. The van der Waals surface area contributed by atoms with E-state index in [4.69, 9.17) is 11.6 Å². The SMILES string of the molecule is CCCc1c(Cl)ncnc1NCC1CCCC1. The molecule has 1 aliphatic rings. The molecule has 1 aromatic heterocycles. The Morgan fingerprint density at radius 2 is 2.12 bits per heavy atom. The second-order valence-electron chi connectivity index (χ2n) is 4.77. The molecule has 94 valence electrons. The summed E-state index contributed by atoms with van der Waals surface area (Å²) in [7, 11) is 0. The topological polar surface area (TPSA) is 37.8 Å². The average Bonchev–Trinajstić information content (AvgIpc) is 2.83. The van der Waals surface area contributed by atoms with E-state index in [-0.39, 0.29) is 0 Å². The van der Waals surface area contributed by atoms with E-state index < -0.39 is 0 Å². The summed E-state index contributed by atoms with van der Waals surface area (Å²) in [6.45, 7) is 3.16. The van der Waals surface area contributed by atoms with Gasteiger partial charge in [0.05, 0.1) is 0 Å². The van der Waals surface area contributed by atoms with Crippen LogP contribution in [0.25, 0.3) is 0 Å². The van der Waals surface area contributed by atoms with Gasteiger partial charge < -0.3 is 5.32 Å². The van der Waals surface area contributed by atoms with Crippen LogP contribution in [0.3, 0.4) is 0 Å². The normalized spacial score (nSPS) is 16.4. The molecule has 1 aromatic rings. The van der Waals surface area contributed by atoms with Crippen molar-refractivity contribution in [3.05, 3.63) is 17.0 Å². The van der Waals surface area contributed by atoms with Crippen molar-refractivity contribution >= 4 is 17.4 Å². The van der Waals surface area contributed by atoms with E-state index in [2.05, 4.69) is 22.2 Å². The lowest BCUT2D eigenvalue weighted by Crippen LogP contribution is -2.13. The van der Waals surface area contributed by atoms with Gasteiger partial charge in [-0.3, -0.25) is 0 Å². The van der Waals surface area contributed by atoms with Gasteiger partial charge in [0.15, 0.2) is 0 Å². The van der Waals surface area contributed by atoms with Gasteiger partial charge in [-0.1, -0.05) is 37.8 Å². The molecule has 0 unspecified atom stereocenters. The van der Waals surface area contributed by atoms with Crippen molar-refractivity contribution in [3.63, 3.8) is 0 Å². The van der Waals surface area contributed by atoms with Crippen LogP contribution in [0.2, 0.25) is 5.15 Å². The minimum absolute atomic E-state index is 0.593.